The maximum absolute atomic E-state index is 5.24. The molecule has 0 radical (unpaired) electrons. The van der Waals surface area contributed by atoms with Gasteiger partial charge in [-0.1, -0.05) is 5.21 Å². The van der Waals surface area contributed by atoms with Crippen LogP contribution in [0.4, 0.5) is 0 Å². The van der Waals surface area contributed by atoms with Gasteiger partial charge in [0.2, 0.25) is 0 Å². The average Bonchev–Trinajstić information content (AvgIpc) is 3.21. The Morgan fingerprint density at radius 3 is 2.62 bits per heavy atom. The van der Waals surface area contributed by atoms with E-state index in [1.807, 2.05) is 31.3 Å². The van der Waals surface area contributed by atoms with Crippen molar-refractivity contribution in [1.29, 1.82) is 0 Å². The van der Waals surface area contributed by atoms with Crippen LogP contribution in [0.3, 0.4) is 0 Å². The van der Waals surface area contributed by atoms with Crippen molar-refractivity contribution in [1.82, 2.24) is 20.0 Å². The molecule has 0 bridgehead atoms. The molecule has 2 heterocycles. The number of benzene rings is 2. The van der Waals surface area contributed by atoms with Crippen molar-refractivity contribution in [2.75, 3.05) is 7.11 Å². The first-order chi connectivity index (χ1) is 11.7. The highest BCUT2D eigenvalue weighted by molar-refractivity contribution is 5.97. The van der Waals surface area contributed by atoms with Crippen molar-refractivity contribution in [3.8, 4) is 28.3 Å². The van der Waals surface area contributed by atoms with Crippen LogP contribution in [0.25, 0.3) is 33.4 Å². The van der Waals surface area contributed by atoms with E-state index in [0.29, 0.717) is 0 Å². The van der Waals surface area contributed by atoms with Crippen LogP contribution in [-0.2, 0) is 7.05 Å². The van der Waals surface area contributed by atoms with Gasteiger partial charge in [-0.25, -0.2) is 0 Å². The summed E-state index contributed by atoms with van der Waals surface area (Å²) in [6.45, 7) is 2.10. The standard InChI is InChI=1S/C19H18N4O/c1-12-10-14-8-9-23(2)19(14)16(11-12)18-17(20-22-21-18)13-4-6-15(24-3)7-5-13/h4-11H,1-3H3,(H,20,21,22). The Kier molecular flexibility index (Phi) is 3.34. The predicted molar refractivity (Wildman–Crippen MR) is 95.0 cm³/mol. The summed E-state index contributed by atoms with van der Waals surface area (Å²) >= 11 is 0. The lowest BCUT2D eigenvalue weighted by atomic mass is 10.0. The number of hydrogen-bond acceptors (Lipinski definition) is 3. The molecular formula is C19H18N4O. The topological polar surface area (TPSA) is 55.7 Å². The molecule has 0 saturated heterocycles. The van der Waals surface area contributed by atoms with Gasteiger partial charge >= 0.3 is 0 Å². The van der Waals surface area contributed by atoms with Gasteiger partial charge in [-0.05, 0) is 55.0 Å². The van der Waals surface area contributed by atoms with Crippen LogP contribution in [-0.4, -0.2) is 27.1 Å². The summed E-state index contributed by atoms with van der Waals surface area (Å²) in [5.74, 6) is 0.827. The Morgan fingerprint density at radius 2 is 1.88 bits per heavy atom. The molecule has 0 fully saturated rings. The quantitative estimate of drug-likeness (QED) is 0.622. The monoisotopic (exact) mass is 318 g/mol. The van der Waals surface area contributed by atoms with Crippen LogP contribution in [0.1, 0.15) is 5.56 Å². The second kappa shape index (κ2) is 5.53. The number of nitrogens with one attached hydrogen (secondary N) is 1. The van der Waals surface area contributed by atoms with Crippen molar-refractivity contribution < 1.29 is 4.74 Å². The van der Waals surface area contributed by atoms with Gasteiger partial charge in [0.25, 0.3) is 0 Å². The molecule has 5 heteroatoms. The molecule has 5 nitrogen and oxygen atoms in total. The minimum atomic E-state index is 0.827. The number of hydrogen-bond donors (Lipinski definition) is 1. The maximum Gasteiger partial charge on any atom is 0.122 e. The Labute approximate surface area is 139 Å². The van der Waals surface area contributed by atoms with Gasteiger partial charge in [-0.2, -0.15) is 0 Å². The third-order valence-corrected chi connectivity index (χ3v) is 4.30. The van der Waals surface area contributed by atoms with Crippen molar-refractivity contribution in [3.63, 3.8) is 0 Å². The fourth-order valence-corrected chi connectivity index (χ4v) is 3.15. The van der Waals surface area contributed by atoms with E-state index >= 15 is 0 Å². The normalized spacial score (nSPS) is 11.1. The molecule has 120 valence electrons. The molecule has 4 aromatic rings. The van der Waals surface area contributed by atoms with Gasteiger partial charge in [0.05, 0.1) is 18.3 Å². The SMILES string of the molecule is COc1ccc(-c2[nH]nnc2-c2cc(C)cc3ccn(C)c23)cc1. The fourth-order valence-electron chi connectivity index (χ4n) is 3.15. The second-order valence-electron chi connectivity index (χ2n) is 5.94. The van der Waals surface area contributed by atoms with E-state index in [0.717, 1.165) is 33.8 Å². The molecule has 2 aromatic heterocycles. The summed E-state index contributed by atoms with van der Waals surface area (Å²) in [6, 6.07) is 14.4. The third kappa shape index (κ3) is 2.25. The zero-order valence-corrected chi connectivity index (χ0v) is 13.9. The summed E-state index contributed by atoms with van der Waals surface area (Å²) < 4.78 is 7.36. The van der Waals surface area contributed by atoms with Crippen LogP contribution in [0.5, 0.6) is 5.75 Å². The number of ether oxygens (including phenoxy) is 1. The van der Waals surface area contributed by atoms with Crippen LogP contribution in [0, 0.1) is 6.92 Å². The summed E-state index contributed by atoms with van der Waals surface area (Å²) in [7, 11) is 3.71. The third-order valence-electron chi connectivity index (χ3n) is 4.30. The van der Waals surface area contributed by atoms with Crippen molar-refractivity contribution in [3.05, 3.63) is 54.2 Å². The molecule has 0 saturated carbocycles. The maximum atomic E-state index is 5.24. The zero-order chi connectivity index (χ0) is 16.7. The lowest BCUT2D eigenvalue weighted by molar-refractivity contribution is 0.415. The van der Waals surface area contributed by atoms with Gasteiger partial charge in [0.15, 0.2) is 0 Å². The highest BCUT2D eigenvalue weighted by atomic mass is 16.5. The number of aromatic amines is 1. The first-order valence-electron chi connectivity index (χ1n) is 7.79. The lowest BCUT2D eigenvalue weighted by Gasteiger charge is -2.08. The number of methoxy groups -OCH3 is 1. The molecular weight excluding hydrogens is 300 g/mol. The number of nitrogens with zero attached hydrogens (tertiary/aromatic N) is 3. The largest absolute Gasteiger partial charge is 0.497 e. The molecule has 1 N–H and O–H groups in total. The van der Waals surface area contributed by atoms with Crippen LogP contribution in [0.15, 0.2) is 48.7 Å². The van der Waals surface area contributed by atoms with Gasteiger partial charge in [0.1, 0.15) is 11.4 Å². The van der Waals surface area contributed by atoms with Crippen molar-refractivity contribution in [2.45, 2.75) is 6.92 Å². The first kappa shape index (κ1) is 14.5. The zero-order valence-electron chi connectivity index (χ0n) is 13.9. The minimum absolute atomic E-state index is 0.827. The predicted octanol–water partition coefficient (Wildman–Crippen LogP) is 3.95. The summed E-state index contributed by atoms with van der Waals surface area (Å²) in [6.07, 6.45) is 2.07. The first-order valence-corrected chi connectivity index (χ1v) is 7.79. The smallest absolute Gasteiger partial charge is 0.122 e. The lowest BCUT2D eigenvalue weighted by Crippen LogP contribution is -1.92. The van der Waals surface area contributed by atoms with Crippen molar-refractivity contribution >= 4 is 10.9 Å². The van der Waals surface area contributed by atoms with E-state index in [1.54, 1.807) is 7.11 Å². The molecule has 2 aromatic carbocycles. The summed E-state index contributed by atoms with van der Waals surface area (Å²) in [4.78, 5) is 0. The second-order valence-corrected chi connectivity index (χ2v) is 5.94. The number of fused-ring (bicyclic) bond motifs is 1. The number of aromatic nitrogens is 4. The Hall–Kier alpha value is -3.08. The Morgan fingerprint density at radius 1 is 1.08 bits per heavy atom. The van der Waals surface area contributed by atoms with Crippen LogP contribution in [0.2, 0.25) is 0 Å². The average molecular weight is 318 g/mol. The van der Waals surface area contributed by atoms with E-state index in [1.165, 1.54) is 10.9 Å². The molecule has 0 unspecified atom stereocenters. The van der Waals surface area contributed by atoms with E-state index in [4.69, 9.17) is 4.74 Å². The van der Waals surface area contributed by atoms with Gasteiger partial charge < -0.3 is 9.30 Å². The van der Waals surface area contributed by atoms with E-state index in [-0.39, 0.29) is 0 Å². The number of aryl methyl sites for hydroxylation is 2. The Balaban J connectivity index is 1.93. The van der Waals surface area contributed by atoms with Gasteiger partial charge in [-0.3, -0.25) is 5.10 Å². The molecule has 4 rings (SSSR count). The summed E-state index contributed by atoms with van der Waals surface area (Å²) in [5.41, 5.74) is 6.23. The minimum Gasteiger partial charge on any atom is -0.497 e. The molecule has 24 heavy (non-hydrogen) atoms. The fraction of sp³-hybridized carbons (Fsp3) is 0.158. The Bertz CT molecular complexity index is 1010. The summed E-state index contributed by atoms with van der Waals surface area (Å²) in [5, 5.41) is 12.7. The van der Waals surface area contributed by atoms with E-state index < -0.39 is 0 Å². The molecule has 0 aliphatic carbocycles. The van der Waals surface area contributed by atoms with Gasteiger partial charge in [-0.15, -0.1) is 5.10 Å². The number of H-pyrrole nitrogens is 1. The molecule has 0 spiro atoms. The van der Waals surface area contributed by atoms with Crippen LogP contribution >= 0.6 is 0 Å². The van der Waals surface area contributed by atoms with E-state index in [2.05, 4.69) is 51.3 Å². The molecule has 0 atom stereocenters. The highest BCUT2D eigenvalue weighted by Crippen LogP contribution is 2.34. The van der Waals surface area contributed by atoms with Crippen LogP contribution < -0.4 is 4.74 Å². The molecule has 0 amide bonds. The van der Waals surface area contributed by atoms with E-state index in [9.17, 15) is 0 Å². The molecule has 0 aliphatic rings. The highest BCUT2D eigenvalue weighted by Gasteiger charge is 2.16. The van der Waals surface area contributed by atoms with Gasteiger partial charge in [0, 0.05) is 29.8 Å². The number of rotatable bonds is 3. The van der Waals surface area contributed by atoms with Crippen molar-refractivity contribution in [2.24, 2.45) is 7.05 Å². The molecule has 0 aliphatic heterocycles.